The molecule has 0 saturated carbocycles. The van der Waals surface area contributed by atoms with Crippen LogP contribution in [0.1, 0.15) is 0 Å². The number of hydrogen-bond acceptors (Lipinski definition) is 4. The molecule has 0 aliphatic heterocycles. The van der Waals surface area contributed by atoms with Gasteiger partial charge < -0.3 is 4.42 Å². The first kappa shape index (κ1) is 40.0. The van der Waals surface area contributed by atoms with Crippen molar-refractivity contribution in [3.8, 4) is 56.4 Å². The maximum atomic E-state index is 6.40. The fourth-order valence-corrected chi connectivity index (χ4v) is 10.5. The van der Waals surface area contributed by atoms with Gasteiger partial charge in [0.1, 0.15) is 81.8 Å². The van der Waals surface area contributed by atoms with E-state index in [1.807, 2.05) is 24.3 Å². The van der Waals surface area contributed by atoms with Gasteiger partial charge in [0.2, 0.25) is 0 Å². The molecule has 292 valence electrons. The zero-order chi connectivity index (χ0) is 44.1. The van der Waals surface area contributed by atoms with Crippen molar-refractivity contribution in [3.63, 3.8) is 0 Å². The van der Waals surface area contributed by atoms with Crippen molar-refractivity contribution in [1.82, 2.24) is 15.0 Å². The van der Waals surface area contributed by atoms with Crippen molar-refractivity contribution in [2.75, 3.05) is 0 Å². The molecule has 0 spiro atoms. The van der Waals surface area contributed by atoms with Crippen molar-refractivity contribution in [2.45, 2.75) is 0 Å². The first-order valence-electron chi connectivity index (χ1n) is 22.3. The highest BCUT2D eigenvalue weighted by atomic mass is 16.3. The molecule has 11 rings (SSSR count). The van der Waals surface area contributed by atoms with Crippen LogP contribution in [0.25, 0.3) is 111 Å². The van der Waals surface area contributed by atoms with Gasteiger partial charge in [0, 0.05) is 27.5 Å². The number of aromatic nitrogens is 3. The van der Waals surface area contributed by atoms with E-state index in [-0.39, 0.29) is 0 Å². The van der Waals surface area contributed by atoms with Gasteiger partial charge >= 0.3 is 0 Å². The van der Waals surface area contributed by atoms with Crippen molar-refractivity contribution >= 4 is 174 Å². The minimum atomic E-state index is 0.613. The van der Waals surface area contributed by atoms with Gasteiger partial charge in [-0.3, -0.25) is 0 Å². The minimum absolute atomic E-state index is 0.613. The lowest BCUT2D eigenvalue weighted by atomic mass is 9.58. The molecule has 0 unspecified atom stereocenters. The summed E-state index contributed by atoms with van der Waals surface area (Å²) in [5.74, 6) is 1.90. The predicted octanol–water partition coefficient (Wildman–Crippen LogP) is -2.11. The van der Waals surface area contributed by atoms with Crippen molar-refractivity contribution in [3.05, 3.63) is 133 Å². The number of hydrogen-bond donors (Lipinski definition) is 0. The fraction of sp³-hybridized carbons (Fsp3) is 0. The fourth-order valence-electron chi connectivity index (χ4n) is 10.5. The summed E-state index contributed by atoms with van der Waals surface area (Å²) in [5.41, 5.74) is 20.9. The Kier molecular flexibility index (Phi) is 9.47. The maximum Gasteiger partial charge on any atom is 0.164 e. The summed E-state index contributed by atoms with van der Waals surface area (Å²) in [5, 5.41) is 9.84. The van der Waals surface area contributed by atoms with Gasteiger partial charge in [-0.25, -0.2) is 15.0 Å². The Morgan fingerprint density at radius 2 is 0.828 bits per heavy atom. The third-order valence-corrected chi connectivity index (χ3v) is 14.5. The molecule has 0 fully saturated rings. The average Bonchev–Trinajstić information content (AvgIpc) is 3.71. The number of para-hydroxylation sites is 1. The van der Waals surface area contributed by atoms with Gasteiger partial charge in [0.25, 0.3) is 0 Å². The van der Waals surface area contributed by atoms with E-state index in [9.17, 15) is 0 Å². The molecule has 0 bridgehead atoms. The second kappa shape index (κ2) is 15.2. The Morgan fingerprint density at radius 3 is 1.56 bits per heavy atom. The van der Waals surface area contributed by atoms with Crippen LogP contribution in [0.5, 0.6) is 0 Å². The van der Waals surface area contributed by atoms with E-state index < -0.39 is 0 Å². The molecule has 9 aromatic carbocycles. The van der Waals surface area contributed by atoms with E-state index >= 15 is 0 Å². The zero-order valence-electron chi connectivity index (χ0n) is 38.0. The first-order valence-corrected chi connectivity index (χ1v) is 22.3. The van der Waals surface area contributed by atoms with Crippen LogP contribution in [0, 0.1) is 0 Å². The molecule has 11 aromatic rings. The Labute approximate surface area is 381 Å². The SMILES string of the molecule is Bc1c(B)c(B)c2c(c1B)c(B)c(B)c1c(B)c(B)c(-c3nc(-c4cccc(-c5ccc(-c6ccc7ccccc7c6)cc5)c4)nc(-c4cccc5oc6ccccc6c45)n3)c(B)c12. The summed E-state index contributed by atoms with van der Waals surface area (Å²) >= 11 is 0. The highest BCUT2D eigenvalue weighted by Gasteiger charge is 2.25. The molecule has 4 nitrogen and oxygen atoms in total. The van der Waals surface area contributed by atoms with Gasteiger partial charge in [-0.2, -0.15) is 0 Å². The number of furan rings is 1. The molecular weight excluding hydrogens is 768 g/mol. The van der Waals surface area contributed by atoms with Crippen molar-refractivity contribution < 1.29 is 4.42 Å². The largest absolute Gasteiger partial charge is 0.456 e. The van der Waals surface area contributed by atoms with Crippen LogP contribution in [-0.4, -0.2) is 85.6 Å². The lowest BCUT2D eigenvalue weighted by Gasteiger charge is -2.26. The van der Waals surface area contributed by atoms with Crippen LogP contribution in [0.15, 0.2) is 138 Å². The molecule has 13 heteroatoms. The highest BCUT2D eigenvalue weighted by Crippen LogP contribution is 2.37. The lowest BCUT2D eigenvalue weighted by Crippen LogP contribution is -2.51. The van der Waals surface area contributed by atoms with E-state index in [1.165, 1.54) is 92.6 Å². The number of benzene rings is 9. The van der Waals surface area contributed by atoms with Crippen molar-refractivity contribution in [2.24, 2.45) is 0 Å². The van der Waals surface area contributed by atoms with E-state index in [0.29, 0.717) is 17.5 Å². The van der Waals surface area contributed by atoms with E-state index in [2.05, 4.69) is 180 Å². The van der Waals surface area contributed by atoms with Crippen LogP contribution >= 0.6 is 0 Å². The van der Waals surface area contributed by atoms with Crippen LogP contribution < -0.4 is 49.2 Å². The molecular formula is C51H40B9N3O. The normalized spacial score (nSPS) is 11.7. The Balaban J connectivity index is 1.14. The third kappa shape index (κ3) is 6.15. The molecule has 0 saturated heterocycles. The van der Waals surface area contributed by atoms with Crippen LogP contribution in [0.2, 0.25) is 0 Å². The molecule has 2 aromatic heterocycles. The smallest absolute Gasteiger partial charge is 0.164 e. The number of rotatable bonds is 5. The van der Waals surface area contributed by atoms with Gasteiger partial charge in [-0.05, 0) is 78.8 Å². The first-order chi connectivity index (χ1) is 31.0. The standard InChI is InChI=1S/C51H40B9N3O/c52-40-35-36-38(45(57)48(60)47(59)41(36)53)43(55)42(54)37(35)44(56)46(58)39(40)51-62-49(61-50(63-51)31-12-6-14-33-34(31)30-11-3-4-13-32(30)64-33)29-10-5-9-27(22-29)24-15-17-25(18-16-24)28-20-19-23-7-1-2-8-26(23)21-28/h1-22H,52-60H2. The summed E-state index contributed by atoms with van der Waals surface area (Å²) in [6.07, 6.45) is 0. The highest BCUT2D eigenvalue weighted by molar-refractivity contribution is 6.73. The molecule has 0 radical (unpaired) electrons. The molecule has 0 aliphatic rings. The molecule has 64 heavy (non-hydrogen) atoms. The van der Waals surface area contributed by atoms with E-state index in [1.54, 1.807) is 0 Å². The quantitative estimate of drug-likeness (QED) is 0.148. The third-order valence-electron chi connectivity index (χ3n) is 14.5. The monoisotopic (exact) mass is 809 g/mol. The zero-order valence-corrected chi connectivity index (χ0v) is 38.0. The Bertz CT molecular complexity index is 3800. The average molecular weight is 808 g/mol. The lowest BCUT2D eigenvalue weighted by molar-refractivity contribution is 0.669. The van der Waals surface area contributed by atoms with Crippen LogP contribution in [-0.2, 0) is 0 Å². The van der Waals surface area contributed by atoms with Crippen LogP contribution in [0.3, 0.4) is 0 Å². The predicted molar refractivity (Wildman–Crippen MR) is 300 cm³/mol. The molecule has 0 aliphatic carbocycles. The second-order valence-corrected chi connectivity index (χ2v) is 17.8. The maximum absolute atomic E-state index is 6.40. The summed E-state index contributed by atoms with van der Waals surface area (Å²) in [4.78, 5) is 16.3. The second-order valence-electron chi connectivity index (χ2n) is 17.8. The molecule has 0 atom stereocenters. The van der Waals surface area contributed by atoms with E-state index in [4.69, 9.17) is 19.4 Å². The topological polar surface area (TPSA) is 51.8 Å². The summed E-state index contributed by atoms with van der Waals surface area (Å²) in [6.45, 7) is 0. The van der Waals surface area contributed by atoms with Gasteiger partial charge in [-0.1, -0.05) is 147 Å². The van der Waals surface area contributed by atoms with Crippen molar-refractivity contribution in [1.29, 1.82) is 0 Å². The van der Waals surface area contributed by atoms with E-state index in [0.717, 1.165) is 49.8 Å². The molecule has 2 heterocycles. The minimum Gasteiger partial charge on any atom is -0.456 e. The summed E-state index contributed by atoms with van der Waals surface area (Å²) < 4.78 is 6.40. The number of fused-ring (bicyclic) bond motifs is 7. The Morgan fingerprint density at radius 1 is 0.312 bits per heavy atom. The summed E-state index contributed by atoms with van der Waals surface area (Å²) in [6, 6.07) is 47.0. The van der Waals surface area contributed by atoms with Gasteiger partial charge in [0.15, 0.2) is 17.5 Å². The van der Waals surface area contributed by atoms with Crippen LogP contribution in [0.4, 0.5) is 0 Å². The molecule has 0 amide bonds. The molecule has 0 N–H and O–H groups in total. The van der Waals surface area contributed by atoms with Gasteiger partial charge in [0.05, 0.1) is 0 Å². The van der Waals surface area contributed by atoms with Gasteiger partial charge in [-0.15, -0.1) is 10.9 Å². The Hall–Kier alpha value is -6.85. The summed E-state index contributed by atoms with van der Waals surface area (Å²) in [7, 11) is 20.5. The number of nitrogens with zero attached hydrogens (tertiary/aromatic N) is 3.